The molecule has 7 heteroatoms. The molecule has 2 N–H and O–H groups in total. The molecule has 2 aromatic carbocycles. The summed E-state index contributed by atoms with van der Waals surface area (Å²) in [5.41, 5.74) is 1.78. The number of benzene rings is 2. The average Bonchev–Trinajstić information content (AvgIpc) is 2.96. The van der Waals surface area contributed by atoms with Gasteiger partial charge in [-0.15, -0.1) is 0 Å². The standard InChI is InChI=1S/C21H20N2O4S/c24-14-17(11-15-7-3-1-4-8-15)22-19(25)13-23-20(26)18(28-21(23)27)12-16-9-5-2-6-10-16/h1-10,12,17,24H,11,13-14H2,(H,22,25)/b18-12+. The molecule has 0 saturated carbocycles. The lowest BCUT2D eigenvalue weighted by Gasteiger charge is -2.18. The van der Waals surface area contributed by atoms with Crippen molar-refractivity contribution in [2.24, 2.45) is 0 Å². The van der Waals surface area contributed by atoms with E-state index in [0.717, 1.165) is 27.8 Å². The molecule has 2 aromatic rings. The Morgan fingerprint density at radius 3 is 2.36 bits per heavy atom. The number of thioether (sulfide) groups is 1. The van der Waals surface area contributed by atoms with Crippen LogP contribution in [0.25, 0.3) is 6.08 Å². The highest BCUT2D eigenvalue weighted by Crippen LogP contribution is 2.31. The molecule has 0 spiro atoms. The van der Waals surface area contributed by atoms with Gasteiger partial charge in [0.25, 0.3) is 11.1 Å². The summed E-state index contributed by atoms with van der Waals surface area (Å²) in [5, 5.41) is 11.7. The van der Waals surface area contributed by atoms with Gasteiger partial charge in [-0.25, -0.2) is 0 Å². The van der Waals surface area contributed by atoms with Crippen LogP contribution in [0.1, 0.15) is 11.1 Å². The first kappa shape index (κ1) is 19.9. The summed E-state index contributed by atoms with van der Waals surface area (Å²) < 4.78 is 0. The Morgan fingerprint density at radius 1 is 1.07 bits per heavy atom. The van der Waals surface area contributed by atoms with Gasteiger partial charge in [-0.3, -0.25) is 19.3 Å². The minimum atomic E-state index is -0.491. The van der Waals surface area contributed by atoms with Crippen molar-refractivity contribution in [2.75, 3.05) is 13.2 Å². The number of carbonyl (C=O) groups excluding carboxylic acids is 3. The molecule has 6 nitrogen and oxygen atoms in total. The second-order valence-corrected chi connectivity index (χ2v) is 7.31. The van der Waals surface area contributed by atoms with Crippen LogP contribution in [0.2, 0.25) is 0 Å². The number of rotatable bonds is 7. The van der Waals surface area contributed by atoms with E-state index in [2.05, 4.69) is 5.32 Å². The fourth-order valence-corrected chi connectivity index (χ4v) is 3.65. The van der Waals surface area contributed by atoms with Crippen LogP contribution in [0.15, 0.2) is 65.6 Å². The Bertz CT molecular complexity index is 884. The highest BCUT2D eigenvalue weighted by molar-refractivity contribution is 8.18. The summed E-state index contributed by atoms with van der Waals surface area (Å²) in [7, 11) is 0. The predicted octanol–water partition coefficient (Wildman–Crippen LogP) is 2.44. The first-order valence-electron chi connectivity index (χ1n) is 8.81. The number of imide groups is 1. The minimum absolute atomic E-state index is 0.240. The molecule has 3 rings (SSSR count). The predicted molar refractivity (Wildman–Crippen MR) is 108 cm³/mol. The minimum Gasteiger partial charge on any atom is -0.394 e. The van der Waals surface area contributed by atoms with Gasteiger partial charge in [0.2, 0.25) is 5.91 Å². The van der Waals surface area contributed by atoms with Gasteiger partial charge in [-0.1, -0.05) is 60.7 Å². The summed E-state index contributed by atoms with van der Waals surface area (Å²) in [5.74, 6) is -0.976. The lowest BCUT2D eigenvalue weighted by Crippen LogP contribution is -2.45. The smallest absolute Gasteiger partial charge is 0.294 e. The quantitative estimate of drug-likeness (QED) is 0.702. The summed E-state index contributed by atoms with van der Waals surface area (Å²) in [6.07, 6.45) is 2.09. The van der Waals surface area contributed by atoms with E-state index in [9.17, 15) is 19.5 Å². The number of nitrogens with zero attached hydrogens (tertiary/aromatic N) is 1. The molecule has 0 bridgehead atoms. The lowest BCUT2D eigenvalue weighted by molar-refractivity contribution is -0.129. The van der Waals surface area contributed by atoms with Gasteiger partial charge >= 0.3 is 0 Å². The van der Waals surface area contributed by atoms with Gasteiger partial charge < -0.3 is 10.4 Å². The maximum atomic E-state index is 12.5. The van der Waals surface area contributed by atoms with Crippen molar-refractivity contribution in [2.45, 2.75) is 12.5 Å². The Kier molecular flexibility index (Phi) is 6.62. The third-order valence-electron chi connectivity index (χ3n) is 4.18. The van der Waals surface area contributed by atoms with E-state index in [1.165, 1.54) is 0 Å². The summed E-state index contributed by atoms with van der Waals surface area (Å²) >= 11 is 0.815. The molecule has 0 radical (unpaired) electrons. The van der Waals surface area contributed by atoms with Crippen molar-refractivity contribution < 1.29 is 19.5 Å². The molecule has 3 amide bonds. The molecule has 0 aromatic heterocycles. The molecular weight excluding hydrogens is 376 g/mol. The maximum absolute atomic E-state index is 12.5. The molecule has 1 atom stereocenters. The second-order valence-electron chi connectivity index (χ2n) is 6.32. The Balaban J connectivity index is 1.61. The Hall–Kier alpha value is -2.90. The summed E-state index contributed by atoms with van der Waals surface area (Å²) in [4.78, 5) is 38.2. The maximum Gasteiger partial charge on any atom is 0.294 e. The average molecular weight is 396 g/mol. The SMILES string of the molecule is O=C(CN1C(=O)S/C(=C/c2ccccc2)C1=O)NC(CO)Cc1ccccc1. The number of aliphatic hydroxyl groups excluding tert-OH is 1. The van der Waals surface area contributed by atoms with Gasteiger partial charge in [0, 0.05) is 0 Å². The van der Waals surface area contributed by atoms with Crippen LogP contribution in [0.5, 0.6) is 0 Å². The number of hydrogen-bond donors (Lipinski definition) is 2. The van der Waals surface area contributed by atoms with Crippen LogP contribution >= 0.6 is 11.8 Å². The number of aliphatic hydroxyl groups is 1. The van der Waals surface area contributed by atoms with Crippen molar-refractivity contribution in [3.05, 3.63) is 76.7 Å². The topological polar surface area (TPSA) is 86.7 Å². The zero-order chi connectivity index (χ0) is 19.9. The molecule has 1 fully saturated rings. The molecular formula is C21H20N2O4S. The summed E-state index contributed by atoms with van der Waals surface area (Å²) in [6, 6.07) is 18.2. The first-order valence-corrected chi connectivity index (χ1v) is 9.63. The van der Waals surface area contributed by atoms with Crippen molar-refractivity contribution in [3.8, 4) is 0 Å². The normalized spacial score (nSPS) is 16.5. The number of hydrogen-bond acceptors (Lipinski definition) is 5. The van der Waals surface area contributed by atoms with Gasteiger partial charge in [0.15, 0.2) is 0 Å². The monoisotopic (exact) mass is 396 g/mol. The van der Waals surface area contributed by atoms with Gasteiger partial charge in [-0.05, 0) is 35.4 Å². The first-order chi connectivity index (χ1) is 13.6. The van der Waals surface area contributed by atoms with E-state index >= 15 is 0 Å². The number of nitrogens with one attached hydrogen (secondary N) is 1. The second kappa shape index (κ2) is 9.34. The largest absolute Gasteiger partial charge is 0.394 e. The van der Waals surface area contributed by atoms with E-state index in [1.807, 2.05) is 60.7 Å². The Labute approximate surface area is 167 Å². The van der Waals surface area contributed by atoms with Gasteiger partial charge in [-0.2, -0.15) is 0 Å². The van der Waals surface area contributed by atoms with E-state index in [4.69, 9.17) is 0 Å². The van der Waals surface area contributed by atoms with Crippen molar-refractivity contribution in [1.82, 2.24) is 10.2 Å². The number of amides is 3. The van der Waals surface area contributed by atoms with Crippen LogP contribution < -0.4 is 5.32 Å². The fourth-order valence-electron chi connectivity index (χ4n) is 2.81. The molecule has 28 heavy (non-hydrogen) atoms. The lowest BCUT2D eigenvalue weighted by atomic mass is 10.1. The number of carbonyl (C=O) groups is 3. The van der Waals surface area contributed by atoms with Gasteiger partial charge in [0.05, 0.1) is 17.6 Å². The molecule has 1 unspecified atom stereocenters. The van der Waals surface area contributed by atoms with Crippen molar-refractivity contribution >= 4 is 34.9 Å². The molecule has 1 aliphatic heterocycles. The van der Waals surface area contributed by atoms with Crippen LogP contribution in [0.4, 0.5) is 4.79 Å². The third-order valence-corrected chi connectivity index (χ3v) is 5.09. The fraction of sp³-hybridized carbons (Fsp3) is 0.190. The molecule has 0 aliphatic carbocycles. The Morgan fingerprint density at radius 2 is 1.71 bits per heavy atom. The van der Waals surface area contributed by atoms with Gasteiger partial charge in [0.1, 0.15) is 6.54 Å². The van der Waals surface area contributed by atoms with E-state index in [-0.39, 0.29) is 18.1 Å². The van der Waals surface area contributed by atoms with Crippen LogP contribution in [-0.4, -0.2) is 46.3 Å². The molecule has 1 saturated heterocycles. The zero-order valence-corrected chi connectivity index (χ0v) is 15.9. The highest BCUT2D eigenvalue weighted by atomic mass is 32.2. The molecule has 1 aliphatic rings. The zero-order valence-electron chi connectivity index (χ0n) is 15.1. The van der Waals surface area contributed by atoms with E-state index in [0.29, 0.717) is 6.42 Å². The third kappa shape index (κ3) is 5.09. The van der Waals surface area contributed by atoms with Crippen molar-refractivity contribution in [1.29, 1.82) is 0 Å². The van der Waals surface area contributed by atoms with Crippen LogP contribution in [-0.2, 0) is 16.0 Å². The molecule has 144 valence electrons. The van der Waals surface area contributed by atoms with E-state index in [1.54, 1.807) is 6.08 Å². The van der Waals surface area contributed by atoms with Crippen LogP contribution in [0.3, 0.4) is 0 Å². The van der Waals surface area contributed by atoms with E-state index < -0.39 is 23.1 Å². The van der Waals surface area contributed by atoms with Crippen LogP contribution in [0, 0.1) is 0 Å². The van der Waals surface area contributed by atoms with Crippen molar-refractivity contribution in [3.63, 3.8) is 0 Å². The summed E-state index contributed by atoms with van der Waals surface area (Å²) in [6.45, 7) is -0.613. The highest BCUT2D eigenvalue weighted by Gasteiger charge is 2.36. The molecule has 1 heterocycles.